The van der Waals surface area contributed by atoms with Crippen molar-refractivity contribution >= 4 is 28.9 Å². The van der Waals surface area contributed by atoms with Crippen molar-refractivity contribution in [3.63, 3.8) is 0 Å². The average Bonchev–Trinajstić information content (AvgIpc) is 3.29. The molecule has 0 bridgehead atoms. The number of nitrogens with two attached hydrogens (primary N) is 1. The first-order valence-corrected chi connectivity index (χ1v) is 14.6. The summed E-state index contributed by atoms with van der Waals surface area (Å²) < 4.78 is 7.14. The van der Waals surface area contributed by atoms with Crippen LogP contribution in [-0.4, -0.2) is 104 Å². The van der Waals surface area contributed by atoms with Gasteiger partial charge in [-0.05, 0) is 37.9 Å². The molecule has 1 aliphatic heterocycles. The Morgan fingerprint density at radius 2 is 1.86 bits per heavy atom. The number of carboxylic acid groups (broad SMARTS) is 1. The van der Waals surface area contributed by atoms with E-state index < -0.39 is 11.9 Å². The van der Waals surface area contributed by atoms with Gasteiger partial charge in [0.15, 0.2) is 11.5 Å². The van der Waals surface area contributed by atoms with Crippen LogP contribution >= 0.6 is 0 Å². The van der Waals surface area contributed by atoms with Gasteiger partial charge in [-0.1, -0.05) is 37.6 Å². The lowest BCUT2D eigenvalue weighted by Gasteiger charge is -2.33. The first-order valence-electron chi connectivity index (χ1n) is 14.6. The predicted octanol–water partition coefficient (Wildman–Crippen LogP) is 1.74. The standard InChI is InChI=1S/C29H42N8O5/c1-4-5-17-42-28-32-25(30)24-26(33-28)37(29(41)31-24)12-6-11-36(23(38)19-35-15-13-34(3)14-16-35)18-21-7-9-22(10-8-21)20(2)27(39)40/h7-10,20H,4-6,11-19H2,1-3H3,(H,31,41)(H,39,40)(H2,30,32,33). The zero-order chi connectivity index (χ0) is 30.2. The van der Waals surface area contributed by atoms with Gasteiger partial charge in [-0.15, -0.1) is 0 Å². The number of fused-ring (bicyclic) bond motifs is 1. The molecule has 3 aromatic rings. The molecule has 4 rings (SSSR count). The molecule has 4 N–H and O–H groups in total. The highest BCUT2D eigenvalue weighted by Gasteiger charge is 2.22. The summed E-state index contributed by atoms with van der Waals surface area (Å²) in [7, 11) is 2.08. The van der Waals surface area contributed by atoms with Gasteiger partial charge in [-0.25, -0.2) is 4.79 Å². The lowest BCUT2D eigenvalue weighted by molar-refractivity contribution is -0.138. The van der Waals surface area contributed by atoms with Crippen molar-refractivity contribution in [2.75, 3.05) is 58.7 Å². The summed E-state index contributed by atoms with van der Waals surface area (Å²) in [5, 5.41) is 9.33. The van der Waals surface area contributed by atoms with Crippen LogP contribution in [0.3, 0.4) is 0 Å². The molecule has 1 fully saturated rings. The van der Waals surface area contributed by atoms with Crippen LogP contribution in [0.25, 0.3) is 11.2 Å². The van der Waals surface area contributed by atoms with Crippen LogP contribution in [-0.2, 0) is 22.7 Å². The van der Waals surface area contributed by atoms with Gasteiger partial charge < -0.3 is 30.4 Å². The number of imidazole rings is 1. The van der Waals surface area contributed by atoms with Gasteiger partial charge in [-0.3, -0.25) is 19.1 Å². The number of amides is 1. The third-order valence-corrected chi connectivity index (χ3v) is 7.70. The fraction of sp³-hybridized carbons (Fsp3) is 0.552. The molecule has 1 aliphatic rings. The summed E-state index contributed by atoms with van der Waals surface area (Å²) in [5.74, 6) is -1.34. The van der Waals surface area contributed by atoms with Crippen molar-refractivity contribution in [1.82, 2.24) is 34.2 Å². The maximum atomic E-state index is 13.5. The minimum atomic E-state index is -0.883. The lowest BCUT2D eigenvalue weighted by atomic mass is 10.00. The number of carbonyl (C=O) groups excluding carboxylic acids is 1. The lowest BCUT2D eigenvalue weighted by Crippen LogP contribution is -2.49. The second kappa shape index (κ2) is 14.3. The maximum absolute atomic E-state index is 13.5. The molecule has 1 aromatic carbocycles. The summed E-state index contributed by atoms with van der Waals surface area (Å²) in [4.78, 5) is 55.2. The van der Waals surface area contributed by atoms with Crippen molar-refractivity contribution in [3.05, 3.63) is 45.9 Å². The first-order chi connectivity index (χ1) is 20.2. The van der Waals surface area contributed by atoms with Gasteiger partial charge >= 0.3 is 17.7 Å². The van der Waals surface area contributed by atoms with Crippen LogP contribution in [0.4, 0.5) is 5.82 Å². The number of rotatable bonds is 14. The molecule has 0 radical (unpaired) electrons. The number of unbranched alkanes of at least 4 members (excludes halogenated alkanes) is 1. The number of piperazine rings is 1. The topological polar surface area (TPSA) is 163 Å². The monoisotopic (exact) mass is 582 g/mol. The van der Waals surface area contributed by atoms with Gasteiger partial charge in [0.1, 0.15) is 5.52 Å². The molecule has 228 valence electrons. The fourth-order valence-corrected chi connectivity index (χ4v) is 4.89. The number of nitrogens with one attached hydrogen (secondary N) is 1. The van der Waals surface area contributed by atoms with Crippen molar-refractivity contribution in [2.45, 2.75) is 52.1 Å². The van der Waals surface area contributed by atoms with Crippen LogP contribution < -0.4 is 16.2 Å². The highest BCUT2D eigenvalue weighted by molar-refractivity contribution is 5.82. The molecular weight excluding hydrogens is 540 g/mol. The van der Waals surface area contributed by atoms with Crippen LogP contribution in [0, 0.1) is 0 Å². The molecule has 2 aromatic heterocycles. The van der Waals surface area contributed by atoms with Crippen LogP contribution in [0.2, 0.25) is 0 Å². The zero-order valence-corrected chi connectivity index (χ0v) is 24.7. The normalized spacial score (nSPS) is 15.1. The number of hydrogen-bond donors (Lipinski definition) is 3. The first kappa shape index (κ1) is 31.0. The molecule has 1 amide bonds. The summed E-state index contributed by atoms with van der Waals surface area (Å²) >= 11 is 0. The van der Waals surface area contributed by atoms with Crippen LogP contribution in [0.15, 0.2) is 29.1 Å². The predicted molar refractivity (Wildman–Crippen MR) is 159 cm³/mol. The van der Waals surface area contributed by atoms with E-state index in [0.29, 0.717) is 55.9 Å². The average molecular weight is 583 g/mol. The highest BCUT2D eigenvalue weighted by atomic mass is 16.5. The molecule has 1 unspecified atom stereocenters. The second-order valence-electron chi connectivity index (χ2n) is 10.9. The second-order valence-corrected chi connectivity index (χ2v) is 10.9. The minimum absolute atomic E-state index is 0.00647. The Kier molecular flexibility index (Phi) is 10.5. The van der Waals surface area contributed by atoms with E-state index in [9.17, 15) is 19.5 Å². The number of carboxylic acids is 1. The Hall–Kier alpha value is -3.97. The number of nitrogens with zero attached hydrogens (tertiary/aromatic N) is 6. The van der Waals surface area contributed by atoms with Crippen molar-refractivity contribution in [1.29, 1.82) is 0 Å². The number of aromatic amines is 1. The number of carbonyl (C=O) groups is 2. The molecule has 13 heteroatoms. The number of ether oxygens (including phenoxy) is 1. The zero-order valence-electron chi connectivity index (χ0n) is 24.7. The molecule has 1 saturated heterocycles. The number of aromatic nitrogens is 4. The van der Waals surface area contributed by atoms with Crippen molar-refractivity contribution < 1.29 is 19.4 Å². The number of aliphatic carboxylic acids is 1. The van der Waals surface area contributed by atoms with Crippen molar-refractivity contribution in [3.8, 4) is 6.01 Å². The molecule has 0 saturated carbocycles. The number of benzene rings is 1. The fourth-order valence-electron chi connectivity index (χ4n) is 4.89. The quantitative estimate of drug-likeness (QED) is 0.239. The third-order valence-electron chi connectivity index (χ3n) is 7.70. The SMILES string of the molecule is CCCCOc1nc(N)c2[nH]c(=O)n(CCCN(Cc3ccc(C(C)C(=O)O)cc3)C(=O)CN3CCN(C)CC3)c2n1. The van der Waals surface area contributed by atoms with Gasteiger partial charge in [0, 0.05) is 45.8 Å². The molecule has 3 heterocycles. The smallest absolute Gasteiger partial charge is 0.327 e. The Morgan fingerprint density at radius 3 is 2.52 bits per heavy atom. The van der Waals surface area contributed by atoms with E-state index >= 15 is 0 Å². The summed E-state index contributed by atoms with van der Waals surface area (Å²) in [6.45, 7) is 9.06. The summed E-state index contributed by atoms with van der Waals surface area (Å²) in [5.41, 5.74) is 8.08. The molecule has 0 aliphatic carbocycles. The van der Waals surface area contributed by atoms with Crippen molar-refractivity contribution in [2.24, 2.45) is 0 Å². The van der Waals surface area contributed by atoms with Crippen LogP contribution in [0.1, 0.15) is 50.2 Å². The molecule has 13 nitrogen and oxygen atoms in total. The van der Waals surface area contributed by atoms with E-state index in [4.69, 9.17) is 10.5 Å². The number of anilines is 1. The molecule has 42 heavy (non-hydrogen) atoms. The Morgan fingerprint density at radius 1 is 1.14 bits per heavy atom. The van der Waals surface area contributed by atoms with E-state index in [1.165, 1.54) is 4.57 Å². The van der Waals surface area contributed by atoms with Gasteiger partial charge in [0.25, 0.3) is 0 Å². The van der Waals surface area contributed by atoms with E-state index in [1.807, 2.05) is 12.1 Å². The highest BCUT2D eigenvalue weighted by Crippen LogP contribution is 2.19. The van der Waals surface area contributed by atoms with E-state index in [0.717, 1.165) is 44.6 Å². The summed E-state index contributed by atoms with van der Waals surface area (Å²) in [6, 6.07) is 7.47. The van der Waals surface area contributed by atoms with E-state index in [-0.39, 0.29) is 23.4 Å². The van der Waals surface area contributed by atoms with E-state index in [1.54, 1.807) is 24.0 Å². The number of nitrogen functional groups attached to an aromatic ring is 1. The molecule has 0 spiro atoms. The van der Waals surface area contributed by atoms with Gasteiger partial charge in [-0.2, -0.15) is 9.97 Å². The maximum Gasteiger partial charge on any atom is 0.327 e. The largest absolute Gasteiger partial charge is 0.481 e. The number of aryl methyl sites for hydroxylation is 1. The van der Waals surface area contributed by atoms with Gasteiger partial charge in [0.2, 0.25) is 5.91 Å². The Bertz CT molecular complexity index is 1410. The third kappa shape index (κ3) is 7.85. The molecule has 1 atom stereocenters. The molecular formula is C29H42N8O5. The number of hydrogen-bond acceptors (Lipinski definition) is 9. The summed E-state index contributed by atoms with van der Waals surface area (Å²) in [6.07, 6.45) is 2.31. The Labute approximate surface area is 245 Å². The minimum Gasteiger partial charge on any atom is -0.481 e. The van der Waals surface area contributed by atoms with E-state index in [2.05, 4.69) is 38.7 Å². The van der Waals surface area contributed by atoms with Gasteiger partial charge in [0.05, 0.1) is 19.1 Å². The Balaban J connectivity index is 1.48. The number of H-pyrrole nitrogens is 1. The van der Waals surface area contributed by atoms with Crippen LogP contribution in [0.5, 0.6) is 6.01 Å². The number of likely N-dealkylation sites (N-methyl/N-ethyl adjacent to an activating group) is 1.